The molecule has 1 aromatic carbocycles. The standard InChI is InChI=1S/C23H26ClN5O/c24-19-14-25-23(26-15-19)29-10-6-16(7-11-29)21-13-18(21)8-12-30-20-3-1-17(2-4-20)22-5-9-27-28-22/h1-5,9,14-16,18,21H,6-8,10-13H2,(H,27,28). The van der Waals surface area contributed by atoms with Crippen LogP contribution in [0.1, 0.15) is 25.7 Å². The fourth-order valence-electron chi connectivity index (χ4n) is 4.65. The van der Waals surface area contributed by atoms with Crippen LogP contribution in [0.2, 0.25) is 5.02 Å². The van der Waals surface area contributed by atoms with Gasteiger partial charge >= 0.3 is 0 Å². The van der Waals surface area contributed by atoms with Crippen LogP contribution in [0.3, 0.4) is 0 Å². The number of anilines is 1. The van der Waals surface area contributed by atoms with Gasteiger partial charge in [-0.15, -0.1) is 0 Å². The van der Waals surface area contributed by atoms with E-state index in [-0.39, 0.29) is 0 Å². The molecule has 6 nitrogen and oxygen atoms in total. The normalized spacial score (nSPS) is 21.6. The summed E-state index contributed by atoms with van der Waals surface area (Å²) in [5.74, 6) is 4.24. The Labute approximate surface area is 181 Å². The molecule has 3 aromatic rings. The SMILES string of the molecule is Clc1cnc(N2CCC(C3CC3CCOc3ccc(-c4cc[nH]n4)cc3)CC2)nc1. The lowest BCUT2D eigenvalue weighted by atomic mass is 9.90. The van der Waals surface area contributed by atoms with E-state index in [1.165, 1.54) is 19.3 Å². The molecule has 0 bridgehead atoms. The van der Waals surface area contributed by atoms with Gasteiger partial charge in [0, 0.05) is 24.8 Å². The van der Waals surface area contributed by atoms with Gasteiger partial charge in [0.2, 0.25) is 5.95 Å². The first kappa shape index (κ1) is 19.4. The molecule has 1 aliphatic heterocycles. The number of nitrogens with zero attached hydrogens (tertiary/aromatic N) is 4. The number of hydrogen-bond donors (Lipinski definition) is 1. The van der Waals surface area contributed by atoms with E-state index in [0.29, 0.717) is 5.02 Å². The van der Waals surface area contributed by atoms with Crippen LogP contribution < -0.4 is 9.64 Å². The van der Waals surface area contributed by atoms with Crippen molar-refractivity contribution in [1.29, 1.82) is 0 Å². The number of ether oxygens (including phenoxy) is 1. The molecule has 5 rings (SSSR count). The molecule has 0 amide bonds. The maximum Gasteiger partial charge on any atom is 0.225 e. The monoisotopic (exact) mass is 423 g/mol. The minimum atomic E-state index is 0.588. The summed E-state index contributed by atoms with van der Waals surface area (Å²) in [6.45, 7) is 2.86. The summed E-state index contributed by atoms with van der Waals surface area (Å²) in [6.07, 6.45) is 10.1. The highest BCUT2D eigenvalue weighted by molar-refractivity contribution is 6.30. The van der Waals surface area contributed by atoms with Crippen molar-refractivity contribution in [2.45, 2.75) is 25.7 Å². The van der Waals surface area contributed by atoms with E-state index in [2.05, 4.69) is 37.2 Å². The molecular weight excluding hydrogens is 398 g/mol. The zero-order valence-electron chi connectivity index (χ0n) is 16.9. The van der Waals surface area contributed by atoms with Gasteiger partial charge in [-0.25, -0.2) is 9.97 Å². The Morgan fingerprint density at radius 2 is 1.83 bits per heavy atom. The van der Waals surface area contributed by atoms with Crippen molar-refractivity contribution >= 4 is 17.5 Å². The summed E-state index contributed by atoms with van der Waals surface area (Å²) in [5.41, 5.74) is 2.05. The average molecular weight is 424 g/mol. The third-order valence-electron chi connectivity index (χ3n) is 6.42. The molecule has 2 aromatic heterocycles. The molecule has 2 unspecified atom stereocenters. The fourth-order valence-corrected chi connectivity index (χ4v) is 4.75. The third-order valence-corrected chi connectivity index (χ3v) is 6.62. The number of benzene rings is 1. The number of halogens is 1. The second-order valence-electron chi connectivity index (χ2n) is 8.31. The van der Waals surface area contributed by atoms with Crippen LogP contribution in [-0.4, -0.2) is 39.9 Å². The minimum absolute atomic E-state index is 0.588. The van der Waals surface area contributed by atoms with Crippen LogP contribution in [0.25, 0.3) is 11.3 Å². The lowest BCUT2D eigenvalue weighted by Crippen LogP contribution is -2.35. The van der Waals surface area contributed by atoms with Gasteiger partial charge < -0.3 is 9.64 Å². The first-order valence-corrected chi connectivity index (χ1v) is 11.1. The molecule has 2 aliphatic rings. The Kier molecular flexibility index (Phi) is 5.58. The quantitative estimate of drug-likeness (QED) is 0.588. The molecule has 2 atom stereocenters. The van der Waals surface area contributed by atoms with E-state index in [9.17, 15) is 0 Å². The number of rotatable bonds is 7. The second kappa shape index (κ2) is 8.64. The smallest absolute Gasteiger partial charge is 0.225 e. The molecule has 0 spiro atoms. The predicted molar refractivity (Wildman–Crippen MR) is 118 cm³/mol. The third kappa shape index (κ3) is 4.43. The zero-order valence-corrected chi connectivity index (χ0v) is 17.6. The maximum absolute atomic E-state index is 5.99. The summed E-state index contributed by atoms with van der Waals surface area (Å²) in [6, 6.07) is 10.1. The van der Waals surface area contributed by atoms with Gasteiger partial charge in [0.05, 0.1) is 29.7 Å². The van der Waals surface area contributed by atoms with Gasteiger partial charge in [-0.2, -0.15) is 5.10 Å². The van der Waals surface area contributed by atoms with Gasteiger partial charge in [0.15, 0.2) is 0 Å². The first-order chi connectivity index (χ1) is 14.8. The van der Waals surface area contributed by atoms with Crippen LogP contribution in [0.5, 0.6) is 5.75 Å². The van der Waals surface area contributed by atoms with Crippen LogP contribution in [0, 0.1) is 17.8 Å². The largest absolute Gasteiger partial charge is 0.494 e. The Morgan fingerprint density at radius 3 is 2.53 bits per heavy atom. The van der Waals surface area contributed by atoms with Crippen LogP contribution >= 0.6 is 11.6 Å². The molecular formula is C23H26ClN5O. The Morgan fingerprint density at radius 1 is 1.07 bits per heavy atom. The molecule has 156 valence electrons. The van der Waals surface area contributed by atoms with Crippen LogP contribution in [-0.2, 0) is 0 Å². The number of H-pyrrole nitrogens is 1. The highest BCUT2D eigenvalue weighted by Crippen LogP contribution is 2.49. The molecule has 7 heteroatoms. The molecule has 1 N–H and O–H groups in total. The van der Waals surface area contributed by atoms with Gasteiger partial charge in [-0.3, -0.25) is 5.10 Å². The maximum atomic E-state index is 5.99. The fraction of sp³-hybridized carbons (Fsp3) is 0.435. The number of hydrogen-bond acceptors (Lipinski definition) is 5. The van der Waals surface area contributed by atoms with E-state index in [1.807, 2.05) is 24.4 Å². The lowest BCUT2D eigenvalue weighted by molar-refractivity contribution is 0.284. The van der Waals surface area contributed by atoms with Gasteiger partial charge in [-0.1, -0.05) is 11.6 Å². The first-order valence-electron chi connectivity index (χ1n) is 10.7. The molecule has 0 radical (unpaired) electrons. The van der Waals surface area contributed by atoms with E-state index in [4.69, 9.17) is 16.3 Å². The average Bonchev–Trinajstić information content (AvgIpc) is 3.34. The van der Waals surface area contributed by atoms with Gasteiger partial charge in [0.25, 0.3) is 0 Å². The summed E-state index contributed by atoms with van der Waals surface area (Å²) < 4.78 is 5.99. The van der Waals surface area contributed by atoms with Crippen molar-refractivity contribution in [2.24, 2.45) is 17.8 Å². The molecule has 1 saturated heterocycles. The highest BCUT2D eigenvalue weighted by Gasteiger charge is 2.43. The summed E-state index contributed by atoms with van der Waals surface area (Å²) >= 11 is 5.89. The molecule has 3 heterocycles. The van der Waals surface area contributed by atoms with E-state index in [1.54, 1.807) is 12.4 Å². The van der Waals surface area contributed by atoms with Crippen molar-refractivity contribution in [3.05, 3.63) is 53.9 Å². The lowest BCUT2D eigenvalue weighted by Gasteiger charge is -2.32. The summed E-state index contributed by atoms with van der Waals surface area (Å²) in [5, 5.41) is 7.64. The van der Waals surface area contributed by atoms with Crippen molar-refractivity contribution in [2.75, 3.05) is 24.6 Å². The minimum Gasteiger partial charge on any atom is -0.494 e. The number of piperidine rings is 1. The van der Waals surface area contributed by atoms with Gasteiger partial charge in [0.1, 0.15) is 5.75 Å². The number of aromatic nitrogens is 4. The van der Waals surface area contributed by atoms with Crippen LogP contribution in [0.15, 0.2) is 48.9 Å². The molecule has 1 aliphatic carbocycles. The van der Waals surface area contributed by atoms with Crippen molar-refractivity contribution in [3.8, 4) is 17.0 Å². The highest BCUT2D eigenvalue weighted by atomic mass is 35.5. The second-order valence-corrected chi connectivity index (χ2v) is 8.74. The molecule has 2 fully saturated rings. The summed E-state index contributed by atoms with van der Waals surface area (Å²) in [7, 11) is 0. The Balaban J connectivity index is 1.03. The van der Waals surface area contributed by atoms with Crippen molar-refractivity contribution in [3.63, 3.8) is 0 Å². The molecule has 1 saturated carbocycles. The van der Waals surface area contributed by atoms with E-state index < -0.39 is 0 Å². The topological polar surface area (TPSA) is 66.9 Å². The van der Waals surface area contributed by atoms with E-state index in [0.717, 1.165) is 66.8 Å². The predicted octanol–water partition coefficient (Wildman–Crippen LogP) is 4.84. The Hall–Kier alpha value is -2.60. The number of aromatic amines is 1. The zero-order chi connectivity index (χ0) is 20.3. The van der Waals surface area contributed by atoms with Crippen molar-refractivity contribution in [1.82, 2.24) is 20.2 Å². The molecule has 30 heavy (non-hydrogen) atoms. The number of nitrogens with one attached hydrogen (secondary N) is 1. The van der Waals surface area contributed by atoms with Crippen LogP contribution in [0.4, 0.5) is 5.95 Å². The Bertz CT molecular complexity index is 937. The van der Waals surface area contributed by atoms with Crippen molar-refractivity contribution < 1.29 is 4.74 Å². The van der Waals surface area contributed by atoms with Gasteiger partial charge in [-0.05, 0) is 73.8 Å². The summed E-state index contributed by atoms with van der Waals surface area (Å²) in [4.78, 5) is 11.0. The van der Waals surface area contributed by atoms with E-state index >= 15 is 0 Å².